The molecule has 13 heavy (non-hydrogen) atoms. The first-order chi connectivity index (χ1) is 6.29. The third kappa shape index (κ3) is 3.65. The van der Waals surface area contributed by atoms with Crippen molar-refractivity contribution in [2.45, 2.75) is 45.6 Å². The van der Waals surface area contributed by atoms with Gasteiger partial charge in [-0.2, -0.15) is 0 Å². The Labute approximate surface area is 81.9 Å². The van der Waals surface area contributed by atoms with E-state index in [2.05, 4.69) is 18.7 Å². The molecule has 0 aromatic rings. The summed E-state index contributed by atoms with van der Waals surface area (Å²) >= 11 is 0. The van der Waals surface area contributed by atoms with E-state index in [-0.39, 0.29) is 0 Å². The van der Waals surface area contributed by atoms with Gasteiger partial charge in [-0.05, 0) is 31.7 Å². The van der Waals surface area contributed by atoms with E-state index < -0.39 is 0 Å². The number of hydrogen-bond donors (Lipinski definition) is 1. The Morgan fingerprint density at radius 2 is 1.92 bits per heavy atom. The number of hydrogen-bond acceptors (Lipinski definition) is 2. The number of nitrogens with zero attached hydrogens (tertiary/aromatic N) is 1. The second kappa shape index (κ2) is 5.61. The van der Waals surface area contributed by atoms with E-state index in [0.717, 1.165) is 24.9 Å². The van der Waals surface area contributed by atoms with Crippen molar-refractivity contribution in [1.82, 2.24) is 4.90 Å². The summed E-state index contributed by atoms with van der Waals surface area (Å²) in [5.41, 5.74) is 0. The molecule has 0 aromatic carbocycles. The van der Waals surface area contributed by atoms with E-state index in [0.29, 0.717) is 6.61 Å². The fraction of sp³-hybridized carbons (Fsp3) is 1.00. The molecule has 0 spiro atoms. The van der Waals surface area contributed by atoms with Gasteiger partial charge in [-0.15, -0.1) is 0 Å². The van der Waals surface area contributed by atoms with Crippen LogP contribution < -0.4 is 0 Å². The molecule has 78 valence electrons. The Morgan fingerprint density at radius 1 is 1.31 bits per heavy atom. The predicted octanol–water partition coefficient (Wildman–Crippen LogP) is 1.88. The second-order valence-corrected chi connectivity index (χ2v) is 4.25. The molecule has 0 aliphatic heterocycles. The molecule has 2 atom stereocenters. The Hall–Kier alpha value is -0.0800. The SMILES string of the molecule is CCCCN(CCCO)C1CC1C. The van der Waals surface area contributed by atoms with E-state index in [4.69, 9.17) is 5.11 Å². The standard InChI is InChI=1S/C11H23NO/c1-3-4-6-12(7-5-8-13)11-9-10(11)2/h10-11,13H,3-9H2,1-2H3. The summed E-state index contributed by atoms with van der Waals surface area (Å²) in [4.78, 5) is 2.56. The maximum absolute atomic E-state index is 8.78. The van der Waals surface area contributed by atoms with Crippen molar-refractivity contribution in [3.05, 3.63) is 0 Å². The average Bonchev–Trinajstić information content (AvgIpc) is 2.83. The summed E-state index contributed by atoms with van der Waals surface area (Å²) < 4.78 is 0. The van der Waals surface area contributed by atoms with Crippen LogP contribution in [0.5, 0.6) is 0 Å². The Morgan fingerprint density at radius 3 is 2.38 bits per heavy atom. The summed E-state index contributed by atoms with van der Waals surface area (Å²) in [6.07, 6.45) is 4.88. The summed E-state index contributed by atoms with van der Waals surface area (Å²) in [6.45, 7) is 7.21. The first-order valence-corrected chi connectivity index (χ1v) is 5.64. The number of rotatable bonds is 7. The zero-order valence-electron chi connectivity index (χ0n) is 9.00. The van der Waals surface area contributed by atoms with Crippen LogP contribution in [0.2, 0.25) is 0 Å². The summed E-state index contributed by atoms with van der Waals surface area (Å²) in [6, 6.07) is 0.832. The largest absolute Gasteiger partial charge is 0.396 e. The van der Waals surface area contributed by atoms with E-state index in [1.807, 2.05) is 0 Å². The molecule has 0 saturated heterocycles. The van der Waals surface area contributed by atoms with Crippen LogP contribution >= 0.6 is 0 Å². The minimum Gasteiger partial charge on any atom is -0.396 e. The van der Waals surface area contributed by atoms with E-state index in [1.165, 1.54) is 25.8 Å². The maximum atomic E-state index is 8.78. The number of aliphatic hydroxyl groups excluding tert-OH is 1. The molecule has 0 heterocycles. The maximum Gasteiger partial charge on any atom is 0.0443 e. The quantitative estimate of drug-likeness (QED) is 0.654. The molecule has 1 aliphatic carbocycles. The highest BCUT2D eigenvalue weighted by Crippen LogP contribution is 2.35. The molecule has 1 saturated carbocycles. The van der Waals surface area contributed by atoms with Gasteiger partial charge in [-0.1, -0.05) is 20.3 Å². The van der Waals surface area contributed by atoms with E-state index in [9.17, 15) is 0 Å². The molecule has 2 heteroatoms. The minimum absolute atomic E-state index is 0.337. The fourth-order valence-electron chi connectivity index (χ4n) is 1.89. The lowest BCUT2D eigenvalue weighted by atomic mass is 10.3. The topological polar surface area (TPSA) is 23.5 Å². The average molecular weight is 185 g/mol. The van der Waals surface area contributed by atoms with Crippen molar-refractivity contribution in [3.8, 4) is 0 Å². The number of unbranched alkanes of at least 4 members (excludes halogenated alkanes) is 1. The molecule has 1 rings (SSSR count). The predicted molar refractivity (Wildman–Crippen MR) is 55.8 cm³/mol. The first-order valence-electron chi connectivity index (χ1n) is 5.64. The Kier molecular flexibility index (Phi) is 4.74. The van der Waals surface area contributed by atoms with Gasteiger partial charge in [0.2, 0.25) is 0 Å². The molecule has 1 aliphatic rings. The highest BCUT2D eigenvalue weighted by molar-refractivity contribution is 4.91. The summed E-state index contributed by atoms with van der Waals surface area (Å²) in [7, 11) is 0. The summed E-state index contributed by atoms with van der Waals surface area (Å²) in [5.74, 6) is 0.899. The third-order valence-corrected chi connectivity index (χ3v) is 2.94. The van der Waals surface area contributed by atoms with Gasteiger partial charge in [0, 0.05) is 19.2 Å². The van der Waals surface area contributed by atoms with Crippen molar-refractivity contribution >= 4 is 0 Å². The van der Waals surface area contributed by atoms with Crippen LogP contribution in [0.4, 0.5) is 0 Å². The highest BCUT2D eigenvalue weighted by Gasteiger charge is 2.36. The number of aliphatic hydroxyl groups is 1. The Balaban J connectivity index is 2.18. The zero-order chi connectivity index (χ0) is 9.68. The normalized spacial score (nSPS) is 26.8. The lowest BCUT2D eigenvalue weighted by Gasteiger charge is -2.21. The van der Waals surface area contributed by atoms with Crippen molar-refractivity contribution in [2.24, 2.45) is 5.92 Å². The van der Waals surface area contributed by atoms with Gasteiger partial charge < -0.3 is 10.0 Å². The molecule has 0 bridgehead atoms. The van der Waals surface area contributed by atoms with Gasteiger partial charge in [0.05, 0.1) is 0 Å². The molecule has 0 amide bonds. The van der Waals surface area contributed by atoms with Crippen LogP contribution in [0.1, 0.15) is 39.5 Å². The van der Waals surface area contributed by atoms with Gasteiger partial charge in [0.15, 0.2) is 0 Å². The van der Waals surface area contributed by atoms with Crippen molar-refractivity contribution in [1.29, 1.82) is 0 Å². The smallest absolute Gasteiger partial charge is 0.0443 e. The molecule has 0 aromatic heterocycles. The highest BCUT2D eigenvalue weighted by atomic mass is 16.3. The lowest BCUT2D eigenvalue weighted by Crippen LogP contribution is -2.29. The molecule has 0 radical (unpaired) electrons. The van der Waals surface area contributed by atoms with Crippen LogP contribution in [0.25, 0.3) is 0 Å². The molecular formula is C11H23NO. The first kappa shape index (κ1) is 11.0. The van der Waals surface area contributed by atoms with Gasteiger partial charge >= 0.3 is 0 Å². The van der Waals surface area contributed by atoms with Crippen LogP contribution in [0, 0.1) is 5.92 Å². The zero-order valence-corrected chi connectivity index (χ0v) is 9.00. The van der Waals surface area contributed by atoms with Gasteiger partial charge in [0.25, 0.3) is 0 Å². The third-order valence-electron chi connectivity index (χ3n) is 2.94. The minimum atomic E-state index is 0.337. The van der Waals surface area contributed by atoms with Crippen LogP contribution in [-0.4, -0.2) is 35.7 Å². The molecule has 2 nitrogen and oxygen atoms in total. The lowest BCUT2D eigenvalue weighted by molar-refractivity contribution is 0.210. The van der Waals surface area contributed by atoms with Crippen molar-refractivity contribution in [2.75, 3.05) is 19.7 Å². The molecule has 2 unspecified atom stereocenters. The van der Waals surface area contributed by atoms with Crippen LogP contribution in [0.3, 0.4) is 0 Å². The van der Waals surface area contributed by atoms with Gasteiger partial charge in [-0.3, -0.25) is 0 Å². The fourth-order valence-corrected chi connectivity index (χ4v) is 1.89. The van der Waals surface area contributed by atoms with Gasteiger partial charge in [0.1, 0.15) is 0 Å². The van der Waals surface area contributed by atoms with Crippen molar-refractivity contribution < 1.29 is 5.11 Å². The van der Waals surface area contributed by atoms with Crippen molar-refractivity contribution in [3.63, 3.8) is 0 Å². The monoisotopic (exact) mass is 185 g/mol. The van der Waals surface area contributed by atoms with Crippen LogP contribution in [0.15, 0.2) is 0 Å². The molecule has 1 fully saturated rings. The van der Waals surface area contributed by atoms with E-state index in [1.54, 1.807) is 0 Å². The van der Waals surface area contributed by atoms with Gasteiger partial charge in [-0.25, -0.2) is 0 Å². The summed E-state index contributed by atoms with van der Waals surface area (Å²) in [5, 5.41) is 8.78. The molecule has 1 N–H and O–H groups in total. The second-order valence-electron chi connectivity index (χ2n) is 4.25. The molecular weight excluding hydrogens is 162 g/mol. The van der Waals surface area contributed by atoms with Crippen LogP contribution in [-0.2, 0) is 0 Å². The Bertz CT molecular complexity index is 130. The van der Waals surface area contributed by atoms with E-state index >= 15 is 0 Å².